The van der Waals surface area contributed by atoms with Crippen LogP contribution < -0.4 is 0 Å². The molecular formula is C16H13N5O. The predicted octanol–water partition coefficient (Wildman–Crippen LogP) is 2.50. The molecular weight excluding hydrogens is 278 g/mol. The first-order valence-electron chi connectivity index (χ1n) is 6.90. The average Bonchev–Trinajstić information content (AvgIpc) is 3.20. The summed E-state index contributed by atoms with van der Waals surface area (Å²) in [4.78, 5) is 4.95. The van der Waals surface area contributed by atoms with Gasteiger partial charge in [-0.1, -0.05) is 41.2 Å². The highest BCUT2D eigenvalue weighted by molar-refractivity contribution is 5.75. The van der Waals surface area contributed by atoms with E-state index in [1.165, 1.54) is 0 Å². The zero-order valence-electron chi connectivity index (χ0n) is 11.6. The van der Waals surface area contributed by atoms with Crippen LogP contribution in [0.15, 0.2) is 67.3 Å². The minimum absolute atomic E-state index is 0.0250. The Bertz CT molecular complexity index is 899. The molecule has 0 saturated heterocycles. The summed E-state index contributed by atoms with van der Waals surface area (Å²) in [6.45, 7) is 0. The molecule has 6 nitrogen and oxygen atoms in total. The van der Waals surface area contributed by atoms with Crippen molar-refractivity contribution < 1.29 is 5.21 Å². The second-order valence-electron chi connectivity index (χ2n) is 5.05. The number of imidazole rings is 1. The van der Waals surface area contributed by atoms with Gasteiger partial charge in [0.25, 0.3) is 0 Å². The molecule has 0 spiro atoms. The van der Waals surface area contributed by atoms with Crippen molar-refractivity contribution in [2.75, 3.05) is 0 Å². The fraction of sp³-hybridized carbons (Fsp3) is 0.0625. The second-order valence-corrected chi connectivity index (χ2v) is 5.05. The molecule has 1 unspecified atom stereocenters. The molecule has 4 rings (SSSR count). The van der Waals surface area contributed by atoms with Gasteiger partial charge in [0.1, 0.15) is 11.0 Å². The third kappa shape index (κ3) is 2.01. The summed E-state index contributed by atoms with van der Waals surface area (Å²) in [6, 6.07) is 15.9. The number of nitrogens with zero attached hydrogens (tertiary/aromatic N) is 5. The number of aromatic nitrogens is 5. The van der Waals surface area contributed by atoms with Crippen LogP contribution in [0.25, 0.3) is 11.0 Å². The van der Waals surface area contributed by atoms with Gasteiger partial charge >= 0.3 is 0 Å². The van der Waals surface area contributed by atoms with Gasteiger partial charge in [0.2, 0.25) is 0 Å². The number of rotatable bonds is 3. The average molecular weight is 291 g/mol. The highest BCUT2D eigenvalue weighted by Crippen LogP contribution is 2.28. The normalized spacial score (nSPS) is 12.5. The van der Waals surface area contributed by atoms with E-state index in [2.05, 4.69) is 27.4 Å². The Morgan fingerprint density at radius 1 is 1.00 bits per heavy atom. The molecule has 22 heavy (non-hydrogen) atoms. The van der Waals surface area contributed by atoms with Crippen molar-refractivity contribution in [2.45, 2.75) is 6.04 Å². The van der Waals surface area contributed by atoms with Crippen molar-refractivity contribution in [3.8, 4) is 0 Å². The van der Waals surface area contributed by atoms with Crippen molar-refractivity contribution in [1.29, 1.82) is 0 Å². The number of hydrogen-bond donors (Lipinski definition) is 1. The van der Waals surface area contributed by atoms with Gasteiger partial charge < -0.3 is 9.77 Å². The van der Waals surface area contributed by atoms with Crippen LogP contribution in [0.1, 0.15) is 17.2 Å². The molecule has 2 aromatic heterocycles. The molecule has 6 heteroatoms. The lowest BCUT2D eigenvalue weighted by molar-refractivity contribution is 0.154. The van der Waals surface area contributed by atoms with Gasteiger partial charge in [0.05, 0.1) is 12.4 Å². The number of hydrogen-bond acceptors (Lipinski definition) is 4. The second kappa shape index (κ2) is 5.00. The van der Waals surface area contributed by atoms with E-state index in [0.717, 1.165) is 16.0 Å². The largest absolute Gasteiger partial charge is 0.410 e. The highest BCUT2D eigenvalue weighted by Gasteiger charge is 2.17. The summed E-state index contributed by atoms with van der Waals surface area (Å²) in [7, 11) is 0. The molecule has 108 valence electrons. The van der Waals surface area contributed by atoms with E-state index in [9.17, 15) is 5.21 Å². The van der Waals surface area contributed by atoms with Crippen LogP contribution in [0.5, 0.6) is 0 Å². The summed E-state index contributed by atoms with van der Waals surface area (Å²) in [5.74, 6) is 0. The quantitative estimate of drug-likeness (QED) is 0.589. The highest BCUT2D eigenvalue weighted by atomic mass is 16.5. The Morgan fingerprint density at radius 2 is 1.86 bits per heavy atom. The smallest absolute Gasteiger partial charge is 0.131 e. The van der Waals surface area contributed by atoms with Gasteiger partial charge in [-0.15, -0.1) is 5.10 Å². The molecule has 4 aromatic rings. The van der Waals surface area contributed by atoms with Gasteiger partial charge in [-0.25, -0.2) is 4.98 Å². The van der Waals surface area contributed by atoms with Crippen LogP contribution in [0.3, 0.4) is 0 Å². The molecule has 0 aliphatic heterocycles. The molecule has 1 N–H and O–H groups in total. The van der Waals surface area contributed by atoms with E-state index < -0.39 is 0 Å². The molecule has 0 fully saturated rings. The topological polar surface area (TPSA) is 68.8 Å². The van der Waals surface area contributed by atoms with Crippen molar-refractivity contribution in [1.82, 2.24) is 24.7 Å². The lowest BCUT2D eigenvalue weighted by Crippen LogP contribution is -2.10. The summed E-state index contributed by atoms with van der Waals surface area (Å²) >= 11 is 0. The zero-order chi connectivity index (χ0) is 14.9. The predicted molar refractivity (Wildman–Crippen MR) is 80.6 cm³/mol. The van der Waals surface area contributed by atoms with E-state index in [1.807, 2.05) is 47.2 Å². The van der Waals surface area contributed by atoms with Crippen LogP contribution in [0.2, 0.25) is 0 Å². The Labute approximate surface area is 126 Å². The van der Waals surface area contributed by atoms with Gasteiger partial charge in [-0.05, 0) is 28.5 Å². The first kappa shape index (κ1) is 12.6. The fourth-order valence-electron chi connectivity index (χ4n) is 2.69. The first-order chi connectivity index (χ1) is 10.8. The van der Waals surface area contributed by atoms with Crippen LogP contribution in [0, 0.1) is 0 Å². The molecule has 1 atom stereocenters. The molecule has 0 aliphatic rings. The third-order valence-electron chi connectivity index (χ3n) is 3.71. The Morgan fingerprint density at radius 3 is 2.64 bits per heavy atom. The minimum Gasteiger partial charge on any atom is -0.410 e. The molecule has 0 saturated carbocycles. The summed E-state index contributed by atoms with van der Waals surface area (Å²) in [6.07, 6.45) is 5.47. The lowest BCUT2D eigenvalue weighted by Gasteiger charge is -2.19. The van der Waals surface area contributed by atoms with Gasteiger partial charge in [-0.3, -0.25) is 0 Å². The fourth-order valence-corrected chi connectivity index (χ4v) is 2.69. The zero-order valence-corrected chi connectivity index (χ0v) is 11.6. The lowest BCUT2D eigenvalue weighted by atomic mass is 9.98. The Balaban J connectivity index is 1.91. The molecule has 2 heterocycles. The van der Waals surface area contributed by atoms with Crippen molar-refractivity contribution in [3.05, 3.63) is 78.4 Å². The van der Waals surface area contributed by atoms with Crippen LogP contribution in [-0.4, -0.2) is 29.9 Å². The first-order valence-corrected chi connectivity index (χ1v) is 6.90. The number of benzene rings is 2. The molecule has 0 aliphatic carbocycles. The number of fused-ring (bicyclic) bond motifs is 1. The van der Waals surface area contributed by atoms with Crippen LogP contribution in [0.4, 0.5) is 0 Å². The molecule has 0 radical (unpaired) electrons. The Kier molecular flexibility index (Phi) is 2.86. The van der Waals surface area contributed by atoms with Crippen molar-refractivity contribution in [3.63, 3.8) is 0 Å². The summed E-state index contributed by atoms with van der Waals surface area (Å²) in [5, 5.41) is 17.3. The van der Waals surface area contributed by atoms with Gasteiger partial charge in [0, 0.05) is 12.4 Å². The molecule has 2 aromatic carbocycles. The van der Waals surface area contributed by atoms with E-state index in [4.69, 9.17) is 0 Å². The minimum atomic E-state index is -0.0250. The maximum absolute atomic E-state index is 9.74. The Hall–Kier alpha value is -3.15. The van der Waals surface area contributed by atoms with Gasteiger partial charge in [0.15, 0.2) is 0 Å². The van der Waals surface area contributed by atoms with Crippen LogP contribution in [-0.2, 0) is 0 Å². The monoisotopic (exact) mass is 291 g/mol. The standard InChI is InChI=1S/C16H13N5O/c22-21-15-10-13(6-7-14(15)18-19-21)16(20-9-8-17-11-20)12-4-2-1-3-5-12/h1-11,16,22H. The SMILES string of the molecule is On1nnc2ccc(C(c3ccccc3)n3ccnc3)cc21. The summed E-state index contributed by atoms with van der Waals surface area (Å²) in [5.41, 5.74) is 3.40. The van der Waals surface area contributed by atoms with E-state index in [0.29, 0.717) is 11.0 Å². The third-order valence-corrected chi connectivity index (χ3v) is 3.71. The molecule has 0 bridgehead atoms. The van der Waals surface area contributed by atoms with Crippen molar-refractivity contribution in [2.24, 2.45) is 0 Å². The molecule has 0 amide bonds. The van der Waals surface area contributed by atoms with Gasteiger partial charge in [-0.2, -0.15) is 0 Å². The summed E-state index contributed by atoms with van der Waals surface area (Å²) < 4.78 is 2.03. The van der Waals surface area contributed by atoms with E-state index in [-0.39, 0.29) is 6.04 Å². The van der Waals surface area contributed by atoms with Crippen LogP contribution >= 0.6 is 0 Å². The van der Waals surface area contributed by atoms with E-state index in [1.54, 1.807) is 12.5 Å². The maximum atomic E-state index is 9.74. The van der Waals surface area contributed by atoms with E-state index >= 15 is 0 Å². The maximum Gasteiger partial charge on any atom is 0.131 e. The van der Waals surface area contributed by atoms with Crippen molar-refractivity contribution >= 4 is 11.0 Å².